The molecule has 1 heterocycles. The molecule has 0 fully saturated rings. The topological polar surface area (TPSA) is 78.6 Å². The number of thiazole rings is 1. The summed E-state index contributed by atoms with van der Waals surface area (Å²) < 4.78 is 16.3. The molecule has 1 atom stereocenters. The second kappa shape index (κ2) is 6.85. The van der Waals surface area contributed by atoms with Crippen molar-refractivity contribution in [1.29, 1.82) is 0 Å². The Labute approximate surface area is 134 Å². The van der Waals surface area contributed by atoms with Gasteiger partial charge in [-0.1, -0.05) is 11.3 Å². The first-order valence-electron chi connectivity index (χ1n) is 6.80. The highest BCUT2D eigenvalue weighted by Crippen LogP contribution is 2.46. The maximum absolute atomic E-state index is 6.08. The molecular formula is C15H21N3O3S. The van der Waals surface area contributed by atoms with Crippen molar-refractivity contribution in [2.75, 3.05) is 33.7 Å². The molecule has 0 saturated heterocycles. The van der Waals surface area contributed by atoms with Crippen LogP contribution in [0.2, 0.25) is 0 Å². The summed E-state index contributed by atoms with van der Waals surface area (Å²) in [6, 6.07) is 3.60. The summed E-state index contributed by atoms with van der Waals surface area (Å²) in [5, 5.41) is 3.86. The van der Waals surface area contributed by atoms with Crippen LogP contribution in [0.1, 0.15) is 17.8 Å². The third-order valence-corrected chi connectivity index (χ3v) is 4.51. The third-order valence-electron chi connectivity index (χ3n) is 3.24. The van der Waals surface area contributed by atoms with Gasteiger partial charge in [-0.3, -0.25) is 0 Å². The summed E-state index contributed by atoms with van der Waals surface area (Å²) in [6.07, 6.45) is 0. The van der Waals surface area contributed by atoms with Crippen LogP contribution < -0.4 is 25.3 Å². The number of hydrogen-bond donors (Lipinski definition) is 2. The van der Waals surface area contributed by atoms with Crippen LogP contribution in [0.15, 0.2) is 12.1 Å². The minimum Gasteiger partial charge on any atom is -0.493 e. The second-order valence-electron chi connectivity index (χ2n) is 4.65. The number of methoxy groups -OCH3 is 3. The van der Waals surface area contributed by atoms with Gasteiger partial charge in [-0.25, -0.2) is 4.98 Å². The number of rotatable bonds is 6. The van der Waals surface area contributed by atoms with Crippen molar-refractivity contribution in [3.63, 3.8) is 0 Å². The highest BCUT2D eigenvalue weighted by molar-refractivity contribution is 7.16. The highest BCUT2D eigenvalue weighted by atomic mass is 32.1. The Morgan fingerprint density at radius 2 is 1.82 bits per heavy atom. The van der Waals surface area contributed by atoms with E-state index in [1.807, 2.05) is 26.1 Å². The van der Waals surface area contributed by atoms with Crippen molar-refractivity contribution in [2.24, 2.45) is 5.73 Å². The van der Waals surface area contributed by atoms with Gasteiger partial charge in [0.1, 0.15) is 0 Å². The molecule has 0 spiro atoms. The molecule has 3 N–H and O–H groups in total. The van der Waals surface area contributed by atoms with Crippen molar-refractivity contribution in [3.8, 4) is 28.5 Å². The highest BCUT2D eigenvalue weighted by Gasteiger charge is 2.23. The normalized spacial score (nSPS) is 11.9. The van der Waals surface area contributed by atoms with Gasteiger partial charge in [-0.15, -0.1) is 0 Å². The third kappa shape index (κ3) is 2.82. The van der Waals surface area contributed by atoms with Gasteiger partial charge in [-0.05, 0) is 19.1 Å². The van der Waals surface area contributed by atoms with E-state index in [1.54, 1.807) is 21.3 Å². The molecule has 2 aromatic rings. The average Bonchev–Trinajstić information content (AvgIpc) is 2.97. The summed E-state index contributed by atoms with van der Waals surface area (Å²) in [7, 11) is 6.60. The smallest absolute Gasteiger partial charge is 0.203 e. The maximum atomic E-state index is 6.08. The minimum atomic E-state index is -0.132. The molecule has 0 radical (unpaired) electrons. The van der Waals surface area contributed by atoms with Crippen LogP contribution in [0.4, 0.5) is 5.13 Å². The molecule has 0 aliphatic heterocycles. The van der Waals surface area contributed by atoms with E-state index in [2.05, 4.69) is 10.3 Å². The van der Waals surface area contributed by atoms with Gasteiger partial charge in [0.05, 0.1) is 31.9 Å². The Kier molecular flexibility index (Phi) is 5.10. The molecule has 1 aromatic heterocycles. The second-order valence-corrected chi connectivity index (χ2v) is 5.68. The quantitative estimate of drug-likeness (QED) is 0.851. The van der Waals surface area contributed by atoms with Crippen molar-refractivity contribution < 1.29 is 14.2 Å². The lowest BCUT2D eigenvalue weighted by Crippen LogP contribution is -2.05. The van der Waals surface area contributed by atoms with Gasteiger partial charge < -0.3 is 25.3 Å². The van der Waals surface area contributed by atoms with Gasteiger partial charge >= 0.3 is 0 Å². The van der Waals surface area contributed by atoms with Gasteiger partial charge in [0.15, 0.2) is 16.6 Å². The molecule has 0 amide bonds. The Balaban J connectivity index is 2.69. The molecule has 6 nitrogen and oxygen atoms in total. The first-order valence-corrected chi connectivity index (χ1v) is 7.62. The predicted molar refractivity (Wildman–Crippen MR) is 89.4 cm³/mol. The van der Waals surface area contributed by atoms with E-state index in [4.69, 9.17) is 19.9 Å². The monoisotopic (exact) mass is 323 g/mol. The van der Waals surface area contributed by atoms with E-state index in [1.165, 1.54) is 11.3 Å². The number of benzene rings is 1. The molecule has 7 heteroatoms. The standard InChI is InChI=1S/C15H21N3O3S/c1-8(16)14-11(18-15(17-2)22-14)9-6-7-10(19-3)13(21-5)12(9)20-4/h6-8H,16H2,1-5H3,(H,17,18). The van der Waals surface area contributed by atoms with Gasteiger partial charge in [0.25, 0.3) is 0 Å². The van der Waals surface area contributed by atoms with Gasteiger partial charge in [-0.2, -0.15) is 0 Å². The lowest BCUT2D eigenvalue weighted by atomic mass is 10.1. The molecule has 120 valence electrons. The first kappa shape index (κ1) is 16.4. The van der Waals surface area contributed by atoms with Gasteiger partial charge in [0, 0.05) is 18.7 Å². The van der Waals surface area contributed by atoms with Gasteiger partial charge in [0.2, 0.25) is 5.75 Å². The van der Waals surface area contributed by atoms with Crippen molar-refractivity contribution in [3.05, 3.63) is 17.0 Å². The Bertz CT molecular complexity index is 656. The molecule has 1 unspecified atom stereocenters. The number of nitrogens with two attached hydrogens (primary N) is 1. The van der Waals surface area contributed by atoms with Crippen LogP contribution in [0, 0.1) is 0 Å². The van der Waals surface area contributed by atoms with Crippen molar-refractivity contribution >= 4 is 16.5 Å². The van der Waals surface area contributed by atoms with Crippen molar-refractivity contribution in [2.45, 2.75) is 13.0 Å². The van der Waals surface area contributed by atoms with Crippen LogP contribution in [-0.2, 0) is 0 Å². The van der Waals surface area contributed by atoms with Crippen LogP contribution in [-0.4, -0.2) is 33.4 Å². The van der Waals surface area contributed by atoms with E-state index in [0.29, 0.717) is 17.2 Å². The molecule has 0 bridgehead atoms. The number of hydrogen-bond acceptors (Lipinski definition) is 7. The van der Waals surface area contributed by atoms with E-state index in [0.717, 1.165) is 21.3 Å². The fourth-order valence-corrected chi connectivity index (χ4v) is 3.11. The number of ether oxygens (including phenoxy) is 3. The Morgan fingerprint density at radius 3 is 2.32 bits per heavy atom. The summed E-state index contributed by atoms with van der Waals surface area (Å²) in [5.41, 5.74) is 7.70. The predicted octanol–water partition coefficient (Wildman–Crippen LogP) is 2.90. The number of anilines is 1. The fraction of sp³-hybridized carbons (Fsp3) is 0.400. The average molecular weight is 323 g/mol. The molecule has 0 aliphatic carbocycles. The number of nitrogens with zero attached hydrogens (tertiary/aromatic N) is 1. The number of nitrogens with one attached hydrogen (secondary N) is 1. The van der Waals surface area contributed by atoms with Crippen LogP contribution >= 0.6 is 11.3 Å². The molecule has 1 aromatic carbocycles. The maximum Gasteiger partial charge on any atom is 0.203 e. The summed E-state index contributed by atoms with van der Waals surface area (Å²) in [6.45, 7) is 1.93. The molecule has 0 saturated carbocycles. The van der Waals surface area contributed by atoms with E-state index >= 15 is 0 Å². The Hall–Kier alpha value is -1.99. The van der Waals surface area contributed by atoms with Crippen LogP contribution in [0.25, 0.3) is 11.3 Å². The Morgan fingerprint density at radius 1 is 1.14 bits per heavy atom. The lowest BCUT2D eigenvalue weighted by Gasteiger charge is -2.16. The van der Waals surface area contributed by atoms with Crippen molar-refractivity contribution in [1.82, 2.24) is 4.98 Å². The summed E-state index contributed by atoms with van der Waals surface area (Å²) in [4.78, 5) is 5.59. The fourth-order valence-electron chi connectivity index (χ4n) is 2.23. The van der Waals surface area contributed by atoms with E-state index in [-0.39, 0.29) is 6.04 Å². The summed E-state index contributed by atoms with van der Waals surface area (Å²) >= 11 is 1.53. The molecule has 22 heavy (non-hydrogen) atoms. The van der Waals surface area contributed by atoms with Crippen LogP contribution in [0.3, 0.4) is 0 Å². The zero-order valence-corrected chi connectivity index (χ0v) is 14.2. The zero-order valence-electron chi connectivity index (χ0n) is 13.4. The lowest BCUT2D eigenvalue weighted by molar-refractivity contribution is 0.325. The SMILES string of the molecule is CNc1nc(-c2ccc(OC)c(OC)c2OC)c(C(C)N)s1. The molecular weight excluding hydrogens is 302 g/mol. The summed E-state index contributed by atoms with van der Waals surface area (Å²) in [5.74, 6) is 1.73. The van der Waals surface area contributed by atoms with E-state index in [9.17, 15) is 0 Å². The molecule has 2 rings (SSSR count). The van der Waals surface area contributed by atoms with E-state index < -0.39 is 0 Å². The van der Waals surface area contributed by atoms with Crippen LogP contribution in [0.5, 0.6) is 17.2 Å². The molecule has 0 aliphatic rings. The zero-order chi connectivity index (χ0) is 16.3. The largest absolute Gasteiger partial charge is 0.493 e. The first-order chi connectivity index (χ1) is 10.6. The minimum absolute atomic E-state index is 0.132. The number of aromatic nitrogens is 1.